The summed E-state index contributed by atoms with van der Waals surface area (Å²) in [5.74, 6) is 3.86. The molecule has 8 heteroatoms. The quantitative estimate of drug-likeness (QED) is 0.245. The first-order chi connectivity index (χ1) is 16.9. The number of aromatic nitrogens is 1. The van der Waals surface area contributed by atoms with E-state index in [1.165, 1.54) is 0 Å². The highest BCUT2D eigenvalue weighted by molar-refractivity contribution is 8.34. The van der Waals surface area contributed by atoms with Gasteiger partial charge in [0.25, 0.3) is 0 Å². The summed E-state index contributed by atoms with van der Waals surface area (Å²) in [7, 11) is -1.18. The molecule has 0 aliphatic carbocycles. The molecule has 0 unspecified atom stereocenters. The van der Waals surface area contributed by atoms with Gasteiger partial charge in [0.1, 0.15) is 6.10 Å². The number of Topliss-reactive ketones (excluding diaryl/α,β-unsaturated/α-hetero) is 1. The SMILES string of the molecule is Nc1ccccc1C(OC(=O)O[C@H]1CS2(CC(=O)c3ccc[nH]3)CCC1CC2)c1ccccc1N. The van der Waals surface area contributed by atoms with Crippen LogP contribution in [-0.4, -0.2) is 46.0 Å². The lowest BCUT2D eigenvalue weighted by atomic mass is 9.96. The molecule has 1 aromatic heterocycles. The zero-order chi connectivity index (χ0) is 24.4. The van der Waals surface area contributed by atoms with Crippen LogP contribution in [0.4, 0.5) is 16.2 Å². The summed E-state index contributed by atoms with van der Waals surface area (Å²) in [5, 5.41) is 0. The van der Waals surface area contributed by atoms with Crippen LogP contribution in [0.15, 0.2) is 66.9 Å². The fraction of sp³-hybridized carbons (Fsp3) is 0.333. The molecule has 184 valence electrons. The van der Waals surface area contributed by atoms with E-state index in [1.54, 1.807) is 18.3 Å². The molecule has 3 aliphatic heterocycles. The van der Waals surface area contributed by atoms with Crippen molar-refractivity contribution >= 4 is 33.3 Å². The number of carbonyl (C=O) groups excluding carboxylic acids is 2. The number of para-hydroxylation sites is 2. The summed E-state index contributed by atoms with van der Waals surface area (Å²) < 4.78 is 11.8. The van der Waals surface area contributed by atoms with Gasteiger partial charge in [-0.05, 0) is 54.5 Å². The number of nitrogens with two attached hydrogens (primary N) is 2. The van der Waals surface area contributed by atoms with Crippen LogP contribution in [0.2, 0.25) is 0 Å². The van der Waals surface area contributed by atoms with Crippen molar-refractivity contribution < 1.29 is 19.1 Å². The second-order valence-electron chi connectivity index (χ2n) is 9.45. The molecule has 7 nitrogen and oxygen atoms in total. The predicted octanol–water partition coefficient (Wildman–Crippen LogP) is 4.90. The standard InChI is InChI=1S/C27H31N3O4S/c28-21-8-3-1-6-19(21)26(20-7-2-4-9-22(20)29)34-27(32)33-25-17-35(14-11-18(25)12-15-35)16-24(31)23-10-5-13-30-23/h1-10,13,18,25-26,30H,11-12,14-17,28-29H2/t25-/m0/s1. The normalized spacial score (nSPS) is 25.1. The maximum atomic E-state index is 13.1. The fourth-order valence-corrected chi connectivity index (χ4v) is 9.61. The first kappa shape index (κ1) is 23.4. The zero-order valence-electron chi connectivity index (χ0n) is 19.5. The van der Waals surface area contributed by atoms with Crippen molar-refractivity contribution in [2.75, 3.05) is 34.5 Å². The second-order valence-corrected chi connectivity index (χ2v) is 13.3. The van der Waals surface area contributed by atoms with Gasteiger partial charge in [-0.3, -0.25) is 4.79 Å². The van der Waals surface area contributed by atoms with Crippen LogP contribution in [0.25, 0.3) is 0 Å². The van der Waals surface area contributed by atoms with Crippen LogP contribution in [0, 0.1) is 5.92 Å². The summed E-state index contributed by atoms with van der Waals surface area (Å²) in [6, 6.07) is 18.2. The van der Waals surface area contributed by atoms with Gasteiger partial charge in [0.15, 0.2) is 11.9 Å². The number of hydrogen-bond acceptors (Lipinski definition) is 6. The van der Waals surface area contributed by atoms with Gasteiger partial charge < -0.3 is 25.9 Å². The number of nitrogens with one attached hydrogen (secondary N) is 1. The van der Waals surface area contributed by atoms with E-state index in [0.717, 1.165) is 30.1 Å². The van der Waals surface area contributed by atoms with Crippen LogP contribution >= 0.6 is 10.0 Å². The second kappa shape index (κ2) is 9.70. The number of H-pyrrole nitrogens is 1. The summed E-state index contributed by atoms with van der Waals surface area (Å²) in [6.45, 7) is 0. The minimum atomic E-state index is -1.18. The fourth-order valence-electron chi connectivity index (χ4n) is 5.31. The number of aromatic amines is 1. The van der Waals surface area contributed by atoms with Gasteiger partial charge in [0.2, 0.25) is 0 Å². The van der Waals surface area contributed by atoms with Crippen molar-refractivity contribution in [3.8, 4) is 0 Å². The number of rotatable bonds is 7. The van der Waals surface area contributed by atoms with Gasteiger partial charge in [-0.25, -0.2) is 14.8 Å². The first-order valence-electron chi connectivity index (χ1n) is 11.9. The third kappa shape index (κ3) is 4.89. The van der Waals surface area contributed by atoms with Crippen molar-refractivity contribution in [2.45, 2.75) is 25.0 Å². The van der Waals surface area contributed by atoms with Gasteiger partial charge in [0.05, 0.1) is 5.69 Å². The number of fused-ring (bicyclic) bond motifs is 3. The van der Waals surface area contributed by atoms with Crippen LogP contribution in [-0.2, 0) is 9.47 Å². The Morgan fingerprint density at radius 3 is 2.14 bits per heavy atom. The molecule has 3 aromatic rings. The minimum absolute atomic E-state index is 0.144. The van der Waals surface area contributed by atoms with E-state index >= 15 is 0 Å². The Bertz CT molecular complexity index is 1160. The lowest BCUT2D eigenvalue weighted by Crippen LogP contribution is -2.46. The van der Waals surface area contributed by atoms with Crippen LogP contribution in [0.3, 0.4) is 0 Å². The van der Waals surface area contributed by atoms with E-state index in [4.69, 9.17) is 20.9 Å². The van der Waals surface area contributed by atoms with Crippen molar-refractivity contribution in [3.05, 3.63) is 83.7 Å². The zero-order valence-corrected chi connectivity index (χ0v) is 20.3. The summed E-state index contributed by atoms with van der Waals surface area (Å²) in [5.41, 5.74) is 15.4. The van der Waals surface area contributed by atoms with Crippen LogP contribution in [0.1, 0.15) is 40.6 Å². The molecule has 3 fully saturated rings. The number of ketones is 1. The van der Waals surface area contributed by atoms with Crippen LogP contribution in [0.5, 0.6) is 0 Å². The molecule has 0 amide bonds. The minimum Gasteiger partial charge on any atom is -0.430 e. The molecule has 4 heterocycles. The molecule has 3 aliphatic rings. The van der Waals surface area contributed by atoms with E-state index < -0.39 is 22.3 Å². The lowest BCUT2D eigenvalue weighted by molar-refractivity contribution is -0.00732. The molecule has 35 heavy (non-hydrogen) atoms. The van der Waals surface area contributed by atoms with E-state index in [2.05, 4.69) is 4.98 Å². The average Bonchev–Trinajstić information content (AvgIpc) is 3.40. The molecule has 1 atom stereocenters. The topological polar surface area (TPSA) is 120 Å². The smallest absolute Gasteiger partial charge is 0.430 e. The van der Waals surface area contributed by atoms with Crippen molar-refractivity contribution in [2.24, 2.45) is 5.92 Å². The van der Waals surface area contributed by atoms with Gasteiger partial charge in [-0.15, -0.1) is 0 Å². The molecule has 2 aromatic carbocycles. The molecule has 0 spiro atoms. The van der Waals surface area contributed by atoms with Gasteiger partial charge in [-0.1, -0.05) is 36.4 Å². The monoisotopic (exact) mass is 493 g/mol. The third-order valence-electron chi connectivity index (χ3n) is 7.24. The summed E-state index contributed by atoms with van der Waals surface area (Å²) in [6.07, 6.45) is 1.98. The van der Waals surface area contributed by atoms with Crippen molar-refractivity contribution in [3.63, 3.8) is 0 Å². The summed E-state index contributed by atoms with van der Waals surface area (Å²) >= 11 is 0. The highest BCUT2D eigenvalue weighted by Crippen LogP contribution is 2.60. The largest absolute Gasteiger partial charge is 0.509 e. The highest BCUT2D eigenvalue weighted by atomic mass is 32.3. The van der Waals surface area contributed by atoms with Crippen molar-refractivity contribution in [1.82, 2.24) is 4.98 Å². The van der Waals surface area contributed by atoms with Crippen LogP contribution < -0.4 is 11.5 Å². The number of benzene rings is 2. The Morgan fingerprint density at radius 1 is 0.943 bits per heavy atom. The number of anilines is 2. The van der Waals surface area contributed by atoms with Crippen molar-refractivity contribution in [1.29, 1.82) is 0 Å². The number of ether oxygens (including phenoxy) is 2. The highest BCUT2D eigenvalue weighted by Gasteiger charge is 2.45. The molecule has 0 radical (unpaired) electrons. The van der Waals surface area contributed by atoms with Gasteiger partial charge >= 0.3 is 6.16 Å². The Morgan fingerprint density at radius 2 is 1.57 bits per heavy atom. The number of carbonyl (C=O) groups is 2. The molecular formula is C27H31N3O4S. The van der Waals surface area contributed by atoms with E-state index in [9.17, 15) is 9.59 Å². The van der Waals surface area contributed by atoms with E-state index in [-0.39, 0.29) is 11.9 Å². The summed E-state index contributed by atoms with van der Waals surface area (Å²) in [4.78, 5) is 29.0. The number of hydrogen-bond donors (Lipinski definition) is 3. The molecule has 2 bridgehead atoms. The predicted molar refractivity (Wildman–Crippen MR) is 140 cm³/mol. The third-order valence-corrected chi connectivity index (χ3v) is 11.4. The molecule has 0 saturated carbocycles. The Balaban J connectivity index is 1.31. The first-order valence-corrected chi connectivity index (χ1v) is 14.2. The molecular weight excluding hydrogens is 462 g/mol. The Labute approximate surface area is 206 Å². The Hall–Kier alpha value is -3.39. The molecule has 3 saturated heterocycles. The van der Waals surface area contributed by atoms with E-state index in [0.29, 0.717) is 39.9 Å². The van der Waals surface area contributed by atoms with Gasteiger partial charge in [0, 0.05) is 40.2 Å². The molecule has 5 N–H and O–H groups in total. The lowest BCUT2D eigenvalue weighted by Gasteiger charge is -2.53. The maximum absolute atomic E-state index is 13.1. The average molecular weight is 494 g/mol. The number of nitrogen functional groups attached to an aromatic ring is 2. The Kier molecular flexibility index (Phi) is 6.47. The maximum Gasteiger partial charge on any atom is 0.509 e. The molecule has 6 rings (SSSR count). The van der Waals surface area contributed by atoms with Gasteiger partial charge in [-0.2, -0.15) is 0 Å². The van der Waals surface area contributed by atoms with E-state index in [1.807, 2.05) is 48.5 Å².